The lowest BCUT2D eigenvalue weighted by Gasteiger charge is -2.43. The summed E-state index contributed by atoms with van der Waals surface area (Å²) in [5, 5.41) is 2.03. The molecule has 7 heteroatoms. The molecule has 2 aliphatic heterocycles. The van der Waals surface area contributed by atoms with E-state index in [0.717, 1.165) is 21.8 Å². The molecule has 2 aromatic carbocycles. The van der Waals surface area contributed by atoms with E-state index in [-0.39, 0.29) is 23.2 Å². The van der Waals surface area contributed by atoms with Crippen LogP contribution in [0.4, 0.5) is 4.39 Å². The van der Waals surface area contributed by atoms with E-state index in [1.807, 2.05) is 23.2 Å². The molecule has 0 bridgehead atoms. The molecular formula is C23H20FN3O2S. The number of amides is 1. The van der Waals surface area contributed by atoms with E-state index < -0.39 is 0 Å². The Morgan fingerprint density at radius 1 is 1.07 bits per heavy atom. The number of hydrogen-bond acceptors (Lipinski definition) is 4. The van der Waals surface area contributed by atoms with Gasteiger partial charge in [-0.05, 0) is 41.8 Å². The highest BCUT2D eigenvalue weighted by Gasteiger charge is 2.36. The summed E-state index contributed by atoms with van der Waals surface area (Å²) in [6.45, 7) is 1.99. The number of hydrogen-bond donors (Lipinski definition) is 0. The van der Waals surface area contributed by atoms with Crippen LogP contribution in [0.15, 0.2) is 64.4 Å². The average molecular weight is 421 g/mol. The first-order valence-electron chi connectivity index (χ1n) is 9.70. The van der Waals surface area contributed by atoms with Gasteiger partial charge in [-0.3, -0.25) is 19.3 Å². The lowest BCUT2D eigenvalue weighted by atomic mass is 9.94. The highest BCUT2D eigenvalue weighted by Crippen LogP contribution is 2.42. The Bertz CT molecular complexity index is 1240. The SMILES string of the molecule is Cc1c2n(ccc1=O)N(C1c3ccccc3CSc3ccc(F)cc31)CN(C)C2=O. The van der Waals surface area contributed by atoms with Gasteiger partial charge in [-0.25, -0.2) is 4.39 Å². The molecule has 1 unspecified atom stereocenters. The standard InChI is InChI=1S/C23H20FN3O2S/c1-14-19(28)9-10-26-21(14)23(29)25(2)13-27(26)22-17-6-4-3-5-15(17)12-30-20-8-7-16(24)11-18(20)22/h3-11,22H,12-13H2,1-2H3. The van der Waals surface area contributed by atoms with Gasteiger partial charge in [0.15, 0.2) is 5.43 Å². The van der Waals surface area contributed by atoms with Gasteiger partial charge in [-0.1, -0.05) is 24.3 Å². The third-order valence-electron chi connectivity index (χ3n) is 5.80. The van der Waals surface area contributed by atoms with Crippen molar-refractivity contribution in [2.75, 3.05) is 18.7 Å². The van der Waals surface area contributed by atoms with Crippen molar-refractivity contribution in [2.24, 2.45) is 0 Å². The van der Waals surface area contributed by atoms with Crippen LogP contribution in [0.5, 0.6) is 0 Å². The first-order chi connectivity index (χ1) is 14.5. The third kappa shape index (κ3) is 2.84. The molecule has 3 aromatic rings. The zero-order chi connectivity index (χ0) is 21.0. The molecule has 0 saturated carbocycles. The number of carbonyl (C=O) groups is 1. The van der Waals surface area contributed by atoms with Crippen LogP contribution >= 0.6 is 11.8 Å². The fourth-order valence-electron chi connectivity index (χ4n) is 4.28. The molecule has 5 nitrogen and oxygen atoms in total. The molecule has 0 N–H and O–H groups in total. The van der Waals surface area contributed by atoms with Crippen LogP contribution in [0, 0.1) is 12.7 Å². The monoisotopic (exact) mass is 421 g/mol. The number of nitrogens with zero attached hydrogens (tertiary/aromatic N) is 3. The molecule has 0 fully saturated rings. The van der Waals surface area contributed by atoms with Crippen LogP contribution in [0.25, 0.3) is 0 Å². The molecule has 0 spiro atoms. The summed E-state index contributed by atoms with van der Waals surface area (Å²) in [5.41, 5.74) is 3.68. The third-order valence-corrected chi connectivity index (χ3v) is 6.94. The molecule has 1 amide bonds. The number of thioether (sulfide) groups is 1. The van der Waals surface area contributed by atoms with E-state index in [4.69, 9.17) is 0 Å². The van der Waals surface area contributed by atoms with Gasteiger partial charge in [0.05, 0.1) is 6.04 Å². The van der Waals surface area contributed by atoms with Crippen molar-refractivity contribution in [2.45, 2.75) is 23.6 Å². The molecule has 5 rings (SSSR count). The molecule has 0 aliphatic carbocycles. The van der Waals surface area contributed by atoms with Crippen molar-refractivity contribution in [3.63, 3.8) is 0 Å². The minimum atomic E-state index is -0.307. The molecule has 0 saturated heterocycles. The van der Waals surface area contributed by atoms with Gasteiger partial charge in [0.1, 0.15) is 18.2 Å². The highest BCUT2D eigenvalue weighted by atomic mass is 32.2. The van der Waals surface area contributed by atoms with E-state index in [0.29, 0.717) is 17.9 Å². The number of benzene rings is 2. The maximum atomic E-state index is 14.4. The fraction of sp³-hybridized carbons (Fsp3) is 0.217. The molecule has 0 radical (unpaired) electrons. The molecule has 1 atom stereocenters. The van der Waals surface area contributed by atoms with Gasteiger partial charge in [0, 0.05) is 35.5 Å². The number of aromatic nitrogens is 1. The topological polar surface area (TPSA) is 45.6 Å². The largest absolute Gasteiger partial charge is 0.321 e. The van der Waals surface area contributed by atoms with Crippen molar-refractivity contribution >= 4 is 17.7 Å². The summed E-state index contributed by atoms with van der Waals surface area (Å²) < 4.78 is 16.1. The van der Waals surface area contributed by atoms with E-state index in [2.05, 4.69) is 12.1 Å². The minimum Gasteiger partial charge on any atom is -0.321 e. The summed E-state index contributed by atoms with van der Waals surface area (Å²) in [6.07, 6.45) is 1.65. The van der Waals surface area contributed by atoms with Crippen LogP contribution in [0.2, 0.25) is 0 Å². The number of rotatable bonds is 1. The lowest BCUT2D eigenvalue weighted by molar-refractivity contribution is 0.0730. The van der Waals surface area contributed by atoms with Gasteiger partial charge >= 0.3 is 0 Å². The average Bonchev–Trinajstić information content (AvgIpc) is 2.89. The van der Waals surface area contributed by atoms with Crippen LogP contribution in [0.3, 0.4) is 0 Å². The highest BCUT2D eigenvalue weighted by molar-refractivity contribution is 7.98. The van der Waals surface area contributed by atoms with E-state index >= 15 is 0 Å². The van der Waals surface area contributed by atoms with Gasteiger partial charge in [-0.2, -0.15) is 0 Å². The second-order valence-electron chi connectivity index (χ2n) is 7.65. The van der Waals surface area contributed by atoms with Gasteiger partial charge < -0.3 is 4.90 Å². The van der Waals surface area contributed by atoms with E-state index in [1.165, 1.54) is 17.7 Å². The summed E-state index contributed by atoms with van der Waals surface area (Å²) in [6, 6.07) is 14.2. The van der Waals surface area contributed by atoms with Crippen molar-refractivity contribution in [1.29, 1.82) is 0 Å². The van der Waals surface area contributed by atoms with E-state index in [9.17, 15) is 14.0 Å². The van der Waals surface area contributed by atoms with Crippen molar-refractivity contribution in [3.8, 4) is 0 Å². The molecular weight excluding hydrogens is 401 g/mol. The summed E-state index contributed by atoms with van der Waals surface area (Å²) in [4.78, 5) is 27.8. The van der Waals surface area contributed by atoms with Crippen LogP contribution in [0.1, 0.15) is 38.8 Å². The second kappa shape index (κ2) is 7.02. The maximum Gasteiger partial charge on any atom is 0.274 e. The van der Waals surface area contributed by atoms with Crippen LogP contribution < -0.4 is 10.4 Å². The number of fused-ring (bicyclic) bond motifs is 3. The number of carbonyl (C=O) groups excluding carboxylic acids is 1. The summed E-state index contributed by atoms with van der Waals surface area (Å²) in [7, 11) is 1.72. The zero-order valence-electron chi connectivity index (χ0n) is 16.6. The number of halogens is 1. The Kier molecular flexibility index (Phi) is 4.43. The molecule has 30 heavy (non-hydrogen) atoms. The van der Waals surface area contributed by atoms with E-state index in [1.54, 1.807) is 47.6 Å². The van der Waals surface area contributed by atoms with Gasteiger partial charge in [-0.15, -0.1) is 11.8 Å². The predicted octanol–water partition coefficient (Wildman–Crippen LogP) is 3.67. The van der Waals surface area contributed by atoms with Crippen molar-refractivity contribution < 1.29 is 9.18 Å². The van der Waals surface area contributed by atoms with Gasteiger partial charge in [0.2, 0.25) is 0 Å². The summed E-state index contributed by atoms with van der Waals surface area (Å²) >= 11 is 1.68. The maximum absolute atomic E-state index is 14.4. The molecule has 2 aliphatic rings. The Hall–Kier alpha value is -3.06. The molecule has 3 heterocycles. The molecule has 152 valence electrons. The second-order valence-corrected chi connectivity index (χ2v) is 8.67. The Morgan fingerprint density at radius 2 is 1.87 bits per heavy atom. The normalized spacial score (nSPS) is 17.8. The smallest absolute Gasteiger partial charge is 0.274 e. The Balaban J connectivity index is 1.80. The van der Waals surface area contributed by atoms with Crippen LogP contribution in [-0.2, 0) is 5.75 Å². The fourth-order valence-corrected chi connectivity index (χ4v) is 5.35. The minimum absolute atomic E-state index is 0.173. The summed E-state index contributed by atoms with van der Waals surface area (Å²) in [5.74, 6) is 0.290. The lowest BCUT2D eigenvalue weighted by Crippen LogP contribution is -2.54. The Morgan fingerprint density at radius 3 is 2.70 bits per heavy atom. The van der Waals surface area contributed by atoms with Gasteiger partial charge in [0.25, 0.3) is 5.91 Å². The van der Waals surface area contributed by atoms with Crippen molar-refractivity contribution in [3.05, 3.63) is 98.7 Å². The van der Waals surface area contributed by atoms with Crippen molar-refractivity contribution in [1.82, 2.24) is 9.58 Å². The predicted molar refractivity (Wildman–Crippen MR) is 115 cm³/mol. The quantitative estimate of drug-likeness (QED) is 0.602. The first-order valence-corrected chi connectivity index (χ1v) is 10.7. The Labute approximate surface area is 177 Å². The first kappa shape index (κ1) is 18.9. The molecule has 1 aromatic heterocycles. The van der Waals surface area contributed by atoms with Crippen LogP contribution in [-0.4, -0.2) is 29.2 Å². The zero-order valence-corrected chi connectivity index (χ0v) is 17.4. The number of pyridine rings is 1.